The van der Waals surface area contributed by atoms with Gasteiger partial charge in [-0.05, 0) is 30.2 Å². The lowest BCUT2D eigenvalue weighted by Crippen LogP contribution is -2.39. The van der Waals surface area contributed by atoms with Gasteiger partial charge in [-0.2, -0.15) is 0 Å². The predicted octanol–water partition coefficient (Wildman–Crippen LogP) is 2.00. The van der Waals surface area contributed by atoms with Gasteiger partial charge in [0.15, 0.2) is 0 Å². The number of rotatable bonds is 8. The van der Waals surface area contributed by atoms with Crippen molar-refractivity contribution in [1.82, 2.24) is 15.5 Å². The molecule has 2 aromatic rings. The van der Waals surface area contributed by atoms with Crippen molar-refractivity contribution in [3.63, 3.8) is 0 Å². The van der Waals surface area contributed by atoms with Gasteiger partial charge in [0.1, 0.15) is 17.6 Å². The summed E-state index contributed by atoms with van der Waals surface area (Å²) in [6.45, 7) is 0.408. The number of hydrogen-bond acceptors (Lipinski definition) is 4. The molecule has 2 aromatic carbocycles. The first kappa shape index (κ1) is 20.3. The molecule has 1 fully saturated rings. The Morgan fingerprint density at radius 2 is 1.86 bits per heavy atom. The average molecular weight is 399 g/mol. The number of benzene rings is 2. The number of halogens is 1. The molecule has 0 saturated carbocycles. The first-order chi connectivity index (χ1) is 14.0. The Labute approximate surface area is 167 Å². The largest absolute Gasteiger partial charge is 0.497 e. The van der Waals surface area contributed by atoms with Crippen LogP contribution in [0, 0.1) is 5.82 Å². The number of methoxy groups -OCH3 is 1. The Bertz CT molecular complexity index is 901. The number of amides is 4. The number of nitrogens with zero attached hydrogens (tertiary/aromatic N) is 1. The fourth-order valence-corrected chi connectivity index (χ4v) is 3.09. The summed E-state index contributed by atoms with van der Waals surface area (Å²) in [5.74, 6) is -0.550. The van der Waals surface area contributed by atoms with Crippen LogP contribution in [0.1, 0.15) is 17.5 Å². The van der Waals surface area contributed by atoms with E-state index in [1.54, 1.807) is 25.3 Å². The van der Waals surface area contributed by atoms with Crippen molar-refractivity contribution >= 4 is 17.8 Å². The zero-order valence-electron chi connectivity index (χ0n) is 16.0. The zero-order valence-corrected chi connectivity index (χ0v) is 16.0. The number of imide groups is 1. The second kappa shape index (κ2) is 9.18. The molecule has 0 spiro atoms. The van der Waals surface area contributed by atoms with Crippen LogP contribution in [-0.4, -0.2) is 42.4 Å². The first-order valence-electron chi connectivity index (χ1n) is 9.21. The van der Waals surface area contributed by atoms with Gasteiger partial charge in [-0.15, -0.1) is 0 Å². The smallest absolute Gasteiger partial charge is 0.322 e. The van der Waals surface area contributed by atoms with E-state index < -0.39 is 23.8 Å². The number of carbonyl (C=O) groups is 3. The molecule has 1 aliphatic heterocycles. The molecule has 29 heavy (non-hydrogen) atoms. The molecule has 3 rings (SSSR count). The van der Waals surface area contributed by atoms with Crippen molar-refractivity contribution in [2.75, 3.05) is 13.7 Å². The van der Waals surface area contributed by atoms with E-state index in [1.165, 1.54) is 11.0 Å². The molecular weight excluding hydrogens is 377 g/mol. The van der Waals surface area contributed by atoms with E-state index in [0.717, 1.165) is 11.3 Å². The van der Waals surface area contributed by atoms with Gasteiger partial charge in [0, 0.05) is 18.7 Å². The summed E-state index contributed by atoms with van der Waals surface area (Å²) >= 11 is 0. The highest BCUT2D eigenvalue weighted by Crippen LogP contribution is 2.15. The Hall–Kier alpha value is -3.42. The maximum atomic E-state index is 14.1. The predicted molar refractivity (Wildman–Crippen MR) is 104 cm³/mol. The number of ether oxygens (including phenoxy) is 1. The average Bonchev–Trinajstić information content (AvgIpc) is 3.03. The molecule has 1 atom stereocenters. The highest BCUT2D eigenvalue weighted by molar-refractivity contribution is 6.05. The quantitative estimate of drug-likeness (QED) is 0.665. The van der Waals surface area contributed by atoms with Crippen LogP contribution in [-0.2, 0) is 22.6 Å². The molecule has 8 heteroatoms. The van der Waals surface area contributed by atoms with E-state index in [1.807, 2.05) is 24.3 Å². The van der Waals surface area contributed by atoms with E-state index in [-0.39, 0.29) is 18.9 Å². The van der Waals surface area contributed by atoms with Crippen molar-refractivity contribution in [2.24, 2.45) is 0 Å². The summed E-state index contributed by atoms with van der Waals surface area (Å²) in [7, 11) is 1.59. The Morgan fingerprint density at radius 3 is 2.48 bits per heavy atom. The van der Waals surface area contributed by atoms with Crippen LogP contribution >= 0.6 is 0 Å². The van der Waals surface area contributed by atoms with Gasteiger partial charge in [0.2, 0.25) is 5.91 Å². The lowest BCUT2D eigenvalue weighted by atomic mass is 10.1. The third-order valence-corrected chi connectivity index (χ3v) is 4.74. The second-order valence-corrected chi connectivity index (χ2v) is 6.72. The Balaban J connectivity index is 1.71. The SMILES string of the molecule is COc1ccc(CCN(Cc2ccccc2F)C(=O)CC2NC(=O)NC2=O)cc1. The molecule has 2 N–H and O–H groups in total. The van der Waals surface area contributed by atoms with Crippen molar-refractivity contribution < 1.29 is 23.5 Å². The molecule has 7 nitrogen and oxygen atoms in total. The van der Waals surface area contributed by atoms with Crippen molar-refractivity contribution in [3.8, 4) is 5.75 Å². The highest BCUT2D eigenvalue weighted by atomic mass is 19.1. The van der Waals surface area contributed by atoms with Crippen molar-refractivity contribution in [2.45, 2.75) is 25.4 Å². The monoisotopic (exact) mass is 399 g/mol. The summed E-state index contributed by atoms with van der Waals surface area (Å²) in [6.07, 6.45) is 0.363. The molecule has 0 bridgehead atoms. The number of carbonyl (C=O) groups excluding carboxylic acids is 3. The molecule has 0 aromatic heterocycles. The topological polar surface area (TPSA) is 87.7 Å². The van der Waals surface area contributed by atoms with Gasteiger partial charge in [-0.3, -0.25) is 14.9 Å². The first-order valence-corrected chi connectivity index (χ1v) is 9.21. The van der Waals surface area contributed by atoms with E-state index in [2.05, 4.69) is 10.6 Å². The van der Waals surface area contributed by atoms with Gasteiger partial charge in [0.25, 0.3) is 5.91 Å². The van der Waals surface area contributed by atoms with E-state index in [9.17, 15) is 18.8 Å². The number of nitrogens with one attached hydrogen (secondary N) is 2. The van der Waals surface area contributed by atoms with E-state index in [4.69, 9.17) is 4.74 Å². The van der Waals surface area contributed by atoms with Gasteiger partial charge in [-0.25, -0.2) is 9.18 Å². The molecule has 152 valence electrons. The third kappa shape index (κ3) is 5.31. The van der Waals surface area contributed by atoms with Gasteiger partial charge in [-0.1, -0.05) is 30.3 Å². The van der Waals surface area contributed by atoms with Gasteiger partial charge < -0.3 is 15.0 Å². The second-order valence-electron chi connectivity index (χ2n) is 6.72. The van der Waals surface area contributed by atoms with Gasteiger partial charge >= 0.3 is 6.03 Å². The summed E-state index contributed by atoms with van der Waals surface area (Å²) < 4.78 is 19.2. The third-order valence-electron chi connectivity index (χ3n) is 4.74. The lowest BCUT2D eigenvalue weighted by molar-refractivity contribution is -0.134. The zero-order chi connectivity index (χ0) is 20.8. The summed E-state index contributed by atoms with van der Waals surface area (Å²) in [5.41, 5.74) is 1.37. The lowest BCUT2D eigenvalue weighted by Gasteiger charge is -2.24. The highest BCUT2D eigenvalue weighted by Gasteiger charge is 2.32. The minimum absolute atomic E-state index is 0.0734. The molecule has 4 amide bonds. The van der Waals surface area contributed by atoms with E-state index >= 15 is 0 Å². The molecule has 1 aliphatic rings. The maximum Gasteiger partial charge on any atom is 0.322 e. The number of hydrogen-bond donors (Lipinski definition) is 2. The summed E-state index contributed by atoms with van der Waals surface area (Å²) in [4.78, 5) is 37.4. The molecule has 0 aliphatic carbocycles. The fraction of sp³-hybridized carbons (Fsp3) is 0.286. The standard InChI is InChI=1S/C21H22FN3O4/c1-29-16-8-6-14(7-9-16)10-11-25(13-15-4-2-3-5-17(15)22)19(26)12-18-20(27)24-21(28)23-18/h2-9,18H,10-13H2,1H3,(H2,23,24,27,28). The minimum Gasteiger partial charge on any atom is -0.497 e. The fourth-order valence-electron chi connectivity index (χ4n) is 3.09. The molecular formula is C21H22FN3O4. The summed E-state index contributed by atoms with van der Waals surface area (Å²) in [5, 5.41) is 4.52. The van der Waals surface area contributed by atoms with Crippen LogP contribution in [0.3, 0.4) is 0 Å². The molecule has 0 radical (unpaired) electrons. The molecule has 1 unspecified atom stereocenters. The number of urea groups is 1. The van der Waals surface area contributed by atoms with Crippen molar-refractivity contribution in [3.05, 3.63) is 65.5 Å². The minimum atomic E-state index is -0.917. The van der Waals surface area contributed by atoms with Gasteiger partial charge in [0.05, 0.1) is 13.5 Å². The van der Waals surface area contributed by atoms with Crippen LogP contribution in [0.2, 0.25) is 0 Å². The molecule has 1 heterocycles. The van der Waals surface area contributed by atoms with Crippen molar-refractivity contribution in [1.29, 1.82) is 0 Å². The normalized spacial score (nSPS) is 15.6. The Morgan fingerprint density at radius 1 is 1.14 bits per heavy atom. The van der Waals surface area contributed by atoms with E-state index in [0.29, 0.717) is 18.5 Å². The van der Waals surface area contributed by atoms with Crippen LogP contribution in [0.15, 0.2) is 48.5 Å². The van der Waals surface area contributed by atoms with Crippen LogP contribution < -0.4 is 15.4 Å². The summed E-state index contributed by atoms with van der Waals surface area (Å²) in [6, 6.07) is 12.2. The maximum absolute atomic E-state index is 14.1. The van der Waals surface area contributed by atoms with Crippen LogP contribution in [0.25, 0.3) is 0 Å². The molecule has 1 saturated heterocycles. The van der Waals surface area contributed by atoms with Crippen LogP contribution in [0.5, 0.6) is 5.75 Å². The van der Waals surface area contributed by atoms with Crippen LogP contribution in [0.4, 0.5) is 9.18 Å². The Kier molecular flexibility index (Phi) is 6.43.